The van der Waals surface area contributed by atoms with Gasteiger partial charge in [0, 0.05) is 23.2 Å². The number of hydrogen-bond donors (Lipinski definition) is 0. The zero-order chi connectivity index (χ0) is 13.1. The summed E-state index contributed by atoms with van der Waals surface area (Å²) in [4.78, 5) is 15.8. The molecule has 0 spiro atoms. The highest BCUT2D eigenvalue weighted by Gasteiger charge is 2.10. The van der Waals surface area contributed by atoms with Crippen molar-refractivity contribution in [3.8, 4) is 0 Å². The average molecular weight is 284 g/mol. The predicted molar refractivity (Wildman–Crippen MR) is 68.7 cm³/mol. The van der Waals surface area contributed by atoms with Crippen LogP contribution in [0.25, 0.3) is 0 Å². The van der Waals surface area contributed by atoms with Crippen molar-refractivity contribution in [2.75, 3.05) is 0 Å². The molecule has 5 heteroatoms. The Labute approximate surface area is 113 Å². The van der Waals surface area contributed by atoms with Crippen molar-refractivity contribution in [3.05, 3.63) is 63.6 Å². The Bertz CT molecular complexity index is 601. The second-order valence-electron chi connectivity index (χ2n) is 3.70. The zero-order valence-electron chi connectivity index (χ0n) is 9.16. The molecular weight excluding hydrogens is 276 g/mol. The number of hydrogen-bond acceptors (Lipinski definition) is 2. The minimum Gasteiger partial charge on any atom is -0.294 e. The number of carbonyl (C=O) groups excluding carboxylic acids is 1. The molecule has 0 fully saturated rings. The van der Waals surface area contributed by atoms with Crippen molar-refractivity contribution in [3.63, 3.8) is 0 Å². The Morgan fingerprint density at radius 3 is 2.67 bits per heavy atom. The topological polar surface area (TPSA) is 30.0 Å². The third-order valence-electron chi connectivity index (χ3n) is 2.41. The Hall–Kier alpha value is -1.45. The standard InChI is InChI=1S/C13H8Cl2FNO/c14-11-7-10(16)2-1-8(11)5-12(18)9-3-4-17-13(15)6-9/h1-4,6-7H,5H2. The molecule has 0 atom stereocenters. The van der Waals surface area contributed by atoms with Crippen molar-refractivity contribution < 1.29 is 9.18 Å². The Balaban J connectivity index is 2.21. The molecule has 1 aromatic carbocycles. The second-order valence-corrected chi connectivity index (χ2v) is 4.50. The first-order chi connectivity index (χ1) is 8.56. The van der Waals surface area contributed by atoms with Gasteiger partial charge >= 0.3 is 0 Å². The van der Waals surface area contributed by atoms with E-state index in [0.29, 0.717) is 11.1 Å². The highest BCUT2D eigenvalue weighted by molar-refractivity contribution is 6.31. The monoisotopic (exact) mass is 283 g/mol. The van der Waals surface area contributed by atoms with Gasteiger partial charge in [0.2, 0.25) is 0 Å². The van der Waals surface area contributed by atoms with E-state index in [0.717, 1.165) is 0 Å². The van der Waals surface area contributed by atoms with Gasteiger partial charge in [0.15, 0.2) is 5.78 Å². The van der Waals surface area contributed by atoms with Crippen LogP contribution in [0.2, 0.25) is 10.2 Å². The molecule has 2 rings (SSSR count). The number of nitrogens with zero attached hydrogens (tertiary/aromatic N) is 1. The maximum Gasteiger partial charge on any atom is 0.167 e. The zero-order valence-corrected chi connectivity index (χ0v) is 10.7. The molecule has 0 bridgehead atoms. The van der Waals surface area contributed by atoms with E-state index in [2.05, 4.69) is 4.98 Å². The molecule has 0 N–H and O–H groups in total. The first kappa shape index (κ1) is 13.0. The molecule has 0 saturated carbocycles. The minimum atomic E-state index is -0.428. The molecule has 0 aliphatic rings. The first-order valence-corrected chi connectivity index (χ1v) is 5.90. The fourth-order valence-corrected chi connectivity index (χ4v) is 1.92. The van der Waals surface area contributed by atoms with Crippen molar-refractivity contribution in [1.29, 1.82) is 0 Å². The number of carbonyl (C=O) groups is 1. The summed E-state index contributed by atoms with van der Waals surface area (Å²) in [6.07, 6.45) is 1.56. The summed E-state index contributed by atoms with van der Waals surface area (Å²) in [5, 5.41) is 0.495. The minimum absolute atomic E-state index is 0.0967. The fourth-order valence-electron chi connectivity index (χ4n) is 1.52. The Morgan fingerprint density at radius 1 is 1.22 bits per heavy atom. The lowest BCUT2D eigenvalue weighted by Gasteiger charge is -2.04. The maximum atomic E-state index is 12.9. The molecular formula is C13H8Cl2FNO. The van der Waals surface area contributed by atoms with Crippen LogP contribution in [-0.4, -0.2) is 10.8 Å². The Kier molecular flexibility index (Phi) is 3.94. The van der Waals surface area contributed by atoms with Crippen LogP contribution in [0.15, 0.2) is 36.5 Å². The largest absolute Gasteiger partial charge is 0.294 e. The van der Waals surface area contributed by atoms with Gasteiger partial charge < -0.3 is 0 Å². The predicted octanol–water partition coefficient (Wildman–Crippen LogP) is 3.95. The van der Waals surface area contributed by atoms with E-state index < -0.39 is 5.82 Å². The van der Waals surface area contributed by atoms with Gasteiger partial charge in [0.05, 0.1) is 0 Å². The van der Waals surface area contributed by atoms with Crippen LogP contribution in [0.4, 0.5) is 4.39 Å². The smallest absolute Gasteiger partial charge is 0.167 e. The van der Waals surface area contributed by atoms with E-state index in [1.807, 2.05) is 0 Å². The number of pyridine rings is 1. The van der Waals surface area contributed by atoms with Crippen molar-refractivity contribution in [2.45, 2.75) is 6.42 Å². The number of rotatable bonds is 3. The lowest BCUT2D eigenvalue weighted by Crippen LogP contribution is -2.04. The van der Waals surface area contributed by atoms with Crippen LogP contribution >= 0.6 is 23.2 Å². The fraction of sp³-hybridized carbons (Fsp3) is 0.0769. The van der Waals surface area contributed by atoms with E-state index in [4.69, 9.17) is 23.2 Å². The van der Waals surface area contributed by atoms with Crippen LogP contribution in [0.1, 0.15) is 15.9 Å². The van der Waals surface area contributed by atoms with Gasteiger partial charge in [0.1, 0.15) is 11.0 Å². The summed E-state index contributed by atoms with van der Waals surface area (Å²) in [5.41, 5.74) is 1.03. The van der Waals surface area contributed by atoms with Gasteiger partial charge in [0.25, 0.3) is 0 Å². The van der Waals surface area contributed by atoms with E-state index in [9.17, 15) is 9.18 Å². The lowest BCUT2D eigenvalue weighted by molar-refractivity contribution is 0.0993. The molecule has 2 nitrogen and oxygen atoms in total. The molecule has 92 valence electrons. The van der Waals surface area contributed by atoms with Crippen LogP contribution < -0.4 is 0 Å². The van der Waals surface area contributed by atoms with Crippen LogP contribution in [-0.2, 0) is 6.42 Å². The van der Waals surface area contributed by atoms with Crippen molar-refractivity contribution >= 4 is 29.0 Å². The van der Waals surface area contributed by atoms with E-state index in [1.165, 1.54) is 30.5 Å². The highest BCUT2D eigenvalue weighted by atomic mass is 35.5. The van der Waals surface area contributed by atoms with Crippen molar-refractivity contribution in [2.24, 2.45) is 0 Å². The molecule has 0 unspecified atom stereocenters. The Morgan fingerprint density at radius 2 is 2.00 bits per heavy atom. The number of benzene rings is 1. The quantitative estimate of drug-likeness (QED) is 0.631. The molecule has 1 heterocycles. The molecule has 0 saturated heterocycles. The van der Waals surface area contributed by atoms with Crippen LogP contribution in [0, 0.1) is 5.82 Å². The van der Waals surface area contributed by atoms with Crippen LogP contribution in [0.5, 0.6) is 0 Å². The summed E-state index contributed by atoms with van der Waals surface area (Å²) in [6, 6.07) is 7.02. The number of halogens is 3. The molecule has 2 aromatic rings. The second kappa shape index (κ2) is 5.46. The summed E-state index contributed by atoms with van der Waals surface area (Å²) in [7, 11) is 0. The SMILES string of the molecule is O=C(Cc1ccc(F)cc1Cl)c1ccnc(Cl)c1. The summed E-state index contributed by atoms with van der Waals surface area (Å²) in [6.45, 7) is 0. The molecule has 1 aromatic heterocycles. The number of Topliss-reactive ketones (excluding diaryl/α,β-unsaturated/α-hetero) is 1. The van der Waals surface area contributed by atoms with Crippen molar-refractivity contribution in [1.82, 2.24) is 4.98 Å². The summed E-state index contributed by atoms with van der Waals surface area (Å²) < 4.78 is 12.9. The summed E-state index contributed by atoms with van der Waals surface area (Å²) >= 11 is 11.6. The highest BCUT2D eigenvalue weighted by Crippen LogP contribution is 2.19. The third-order valence-corrected chi connectivity index (χ3v) is 2.97. The van der Waals surface area contributed by atoms with E-state index in [-0.39, 0.29) is 22.4 Å². The van der Waals surface area contributed by atoms with E-state index >= 15 is 0 Å². The van der Waals surface area contributed by atoms with Gasteiger partial charge in [-0.3, -0.25) is 4.79 Å². The normalized spacial score (nSPS) is 10.4. The van der Waals surface area contributed by atoms with Gasteiger partial charge in [-0.1, -0.05) is 29.3 Å². The van der Waals surface area contributed by atoms with Gasteiger partial charge in [-0.25, -0.2) is 9.37 Å². The van der Waals surface area contributed by atoms with Crippen LogP contribution in [0.3, 0.4) is 0 Å². The molecule has 18 heavy (non-hydrogen) atoms. The molecule has 0 aliphatic carbocycles. The molecule has 0 amide bonds. The van der Waals surface area contributed by atoms with Gasteiger partial charge in [-0.2, -0.15) is 0 Å². The number of ketones is 1. The number of aromatic nitrogens is 1. The lowest BCUT2D eigenvalue weighted by atomic mass is 10.0. The third kappa shape index (κ3) is 3.06. The molecule has 0 radical (unpaired) electrons. The van der Waals surface area contributed by atoms with Gasteiger partial charge in [-0.15, -0.1) is 0 Å². The van der Waals surface area contributed by atoms with Gasteiger partial charge in [-0.05, 0) is 29.8 Å². The first-order valence-electron chi connectivity index (χ1n) is 5.15. The molecule has 0 aliphatic heterocycles. The summed E-state index contributed by atoms with van der Waals surface area (Å²) in [5.74, 6) is -0.573. The maximum absolute atomic E-state index is 12.9. The average Bonchev–Trinajstić information content (AvgIpc) is 2.32. The van der Waals surface area contributed by atoms with E-state index in [1.54, 1.807) is 6.07 Å².